The number of amides is 2. The molecule has 1 fully saturated rings. The summed E-state index contributed by atoms with van der Waals surface area (Å²) >= 11 is 0. The molecular formula is C24H31N3O3. The van der Waals surface area contributed by atoms with E-state index in [0.29, 0.717) is 12.5 Å². The average molecular weight is 410 g/mol. The van der Waals surface area contributed by atoms with Gasteiger partial charge in [-0.15, -0.1) is 0 Å². The molecule has 0 unspecified atom stereocenters. The molecule has 3 rings (SSSR count). The molecule has 1 aliphatic rings. The summed E-state index contributed by atoms with van der Waals surface area (Å²) in [6.45, 7) is 0.736. The summed E-state index contributed by atoms with van der Waals surface area (Å²) in [4.78, 5) is 25.8. The minimum Gasteiger partial charge on any atom is -0.396 e. The van der Waals surface area contributed by atoms with Crippen molar-refractivity contribution in [3.05, 3.63) is 54.1 Å². The van der Waals surface area contributed by atoms with Gasteiger partial charge in [0.05, 0.1) is 6.54 Å². The number of carbonyl (C=O) groups excluding carboxylic acids is 2. The average Bonchev–Trinajstić information content (AvgIpc) is 2.79. The largest absolute Gasteiger partial charge is 0.396 e. The second kappa shape index (κ2) is 10.4. The lowest BCUT2D eigenvalue weighted by Crippen LogP contribution is -2.32. The zero-order chi connectivity index (χ0) is 21.5. The summed E-state index contributed by atoms with van der Waals surface area (Å²) in [5.74, 6) is 0.341. The van der Waals surface area contributed by atoms with Gasteiger partial charge in [-0.2, -0.15) is 0 Å². The van der Waals surface area contributed by atoms with Crippen LogP contribution >= 0.6 is 0 Å². The number of rotatable bonds is 7. The first-order chi connectivity index (χ1) is 14.5. The fraction of sp³-hybridized carbons (Fsp3) is 0.417. The number of anilines is 1. The molecule has 1 aliphatic carbocycles. The van der Waals surface area contributed by atoms with Gasteiger partial charge < -0.3 is 21.1 Å². The molecule has 0 atom stereocenters. The highest BCUT2D eigenvalue weighted by molar-refractivity contribution is 5.92. The van der Waals surface area contributed by atoms with E-state index in [1.807, 2.05) is 42.5 Å². The van der Waals surface area contributed by atoms with Crippen LogP contribution in [0.4, 0.5) is 5.69 Å². The summed E-state index contributed by atoms with van der Waals surface area (Å²) in [5.41, 5.74) is 9.35. The third kappa shape index (κ3) is 5.68. The molecule has 2 amide bonds. The number of nitrogens with zero attached hydrogens (tertiary/aromatic N) is 1. The molecule has 0 saturated heterocycles. The normalized spacial score (nSPS) is 18.6. The van der Waals surface area contributed by atoms with Crippen LogP contribution in [0.1, 0.15) is 31.2 Å². The predicted molar refractivity (Wildman–Crippen MR) is 119 cm³/mol. The van der Waals surface area contributed by atoms with Gasteiger partial charge in [0.1, 0.15) is 0 Å². The number of aliphatic hydroxyl groups excluding tert-OH is 1. The van der Waals surface area contributed by atoms with Crippen molar-refractivity contribution in [3.63, 3.8) is 0 Å². The van der Waals surface area contributed by atoms with Crippen molar-refractivity contribution in [2.45, 2.75) is 32.2 Å². The van der Waals surface area contributed by atoms with Crippen LogP contribution in [-0.2, 0) is 16.1 Å². The molecule has 6 heteroatoms. The van der Waals surface area contributed by atoms with Crippen LogP contribution in [-0.4, -0.2) is 42.0 Å². The number of carbonyl (C=O) groups is 2. The van der Waals surface area contributed by atoms with Crippen molar-refractivity contribution >= 4 is 17.5 Å². The van der Waals surface area contributed by atoms with Crippen molar-refractivity contribution < 1.29 is 14.7 Å². The van der Waals surface area contributed by atoms with Crippen LogP contribution < -0.4 is 11.1 Å². The lowest BCUT2D eigenvalue weighted by Gasteiger charge is -2.26. The molecule has 0 heterocycles. The van der Waals surface area contributed by atoms with Crippen LogP contribution in [0, 0.1) is 11.8 Å². The van der Waals surface area contributed by atoms with Crippen LogP contribution in [0.25, 0.3) is 11.1 Å². The smallest absolute Gasteiger partial charge is 0.236 e. The molecule has 0 spiro atoms. The maximum atomic E-state index is 12.5. The Morgan fingerprint density at radius 2 is 1.77 bits per heavy atom. The lowest BCUT2D eigenvalue weighted by atomic mass is 9.82. The van der Waals surface area contributed by atoms with Crippen LogP contribution in [0.2, 0.25) is 0 Å². The molecule has 0 aromatic heterocycles. The van der Waals surface area contributed by atoms with E-state index in [4.69, 9.17) is 5.73 Å². The Labute approximate surface area is 178 Å². The van der Waals surface area contributed by atoms with Crippen molar-refractivity contribution in [1.82, 2.24) is 4.90 Å². The van der Waals surface area contributed by atoms with E-state index < -0.39 is 0 Å². The third-order valence-electron chi connectivity index (χ3n) is 5.91. The topological polar surface area (TPSA) is 95.7 Å². The molecule has 2 aromatic carbocycles. The highest BCUT2D eigenvalue weighted by Crippen LogP contribution is 2.30. The van der Waals surface area contributed by atoms with Gasteiger partial charge in [0, 0.05) is 31.8 Å². The van der Waals surface area contributed by atoms with E-state index in [9.17, 15) is 14.7 Å². The summed E-state index contributed by atoms with van der Waals surface area (Å²) in [6, 6.07) is 15.9. The number of benzene rings is 2. The van der Waals surface area contributed by atoms with Crippen molar-refractivity contribution in [2.24, 2.45) is 17.6 Å². The number of likely N-dealkylation sites (N-methyl/N-ethyl adjacent to an activating group) is 1. The number of nitrogens with two attached hydrogens (primary N) is 1. The summed E-state index contributed by atoms with van der Waals surface area (Å²) in [7, 11) is 1.75. The first-order valence-electron chi connectivity index (χ1n) is 10.5. The summed E-state index contributed by atoms with van der Waals surface area (Å²) in [6.07, 6.45) is 3.50. The third-order valence-corrected chi connectivity index (χ3v) is 5.91. The first-order valence-corrected chi connectivity index (χ1v) is 10.5. The highest BCUT2D eigenvalue weighted by Gasteiger charge is 2.25. The Kier molecular flexibility index (Phi) is 7.60. The van der Waals surface area contributed by atoms with E-state index >= 15 is 0 Å². The number of hydrogen-bond acceptors (Lipinski definition) is 4. The van der Waals surface area contributed by atoms with Crippen molar-refractivity contribution in [2.75, 3.05) is 25.5 Å². The van der Waals surface area contributed by atoms with Crippen molar-refractivity contribution in [3.8, 4) is 11.1 Å². The van der Waals surface area contributed by atoms with E-state index in [2.05, 4.69) is 11.4 Å². The van der Waals surface area contributed by atoms with Gasteiger partial charge in [-0.25, -0.2) is 0 Å². The molecule has 2 aromatic rings. The minimum atomic E-state index is -0.0923. The fourth-order valence-electron chi connectivity index (χ4n) is 3.96. The van der Waals surface area contributed by atoms with Gasteiger partial charge in [0.25, 0.3) is 0 Å². The molecular weight excluding hydrogens is 378 g/mol. The highest BCUT2D eigenvalue weighted by atomic mass is 16.3. The zero-order valence-corrected chi connectivity index (χ0v) is 17.5. The molecule has 0 bridgehead atoms. The van der Waals surface area contributed by atoms with Gasteiger partial charge >= 0.3 is 0 Å². The van der Waals surface area contributed by atoms with Gasteiger partial charge in [0.15, 0.2) is 0 Å². The number of hydrogen-bond donors (Lipinski definition) is 3. The molecule has 0 radical (unpaired) electrons. The van der Waals surface area contributed by atoms with Gasteiger partial charge in [0.2, 0.25) is 11.8 Å². The number of aliphatic hydroxyl groups is 1. The number of nitrogens with one attached hydrogen (secondary N) is 1. The lowest BCUT2D eigenvalue weighted by molar-refractivity contribution is -0.128. The van der Waals surface area contributed by atoms with Crippen LogP contribution in [0.15, 0.2) is 48.5 Å². The second-order valence-electron chi connectivity index (χ2n) is 8.12. The second-order valence-corrected chi connectivity index (χ2v) is 8.12. The standard InChI is InChI=1S/C24H31N3O3/c1-27(23(29)14-25)15-18-3-2-4-21(13-18)19-9-11-22(12-10-19)26-24(30)20-7-5-17(16-28)6-8-20/h2-4,9-13,17,20,28H,5-8,14-16,25H2,1H3,(H,26,30). The van der Waals surface area contributed by atoms with E-state index in [1.165, 1.54) is 0 Å². The fourth-order valence-corrected chi connectivity index (χ4v) is 3.96. The Morgan fingerprint density at radius 3 is 2.40 bits per heavy atom. The Bertz CT molecular complexity index is 858. The quantitative estimate of drug-likeness (QED) is 0.655. The van der Waals surface area contributed by atoms with Gasteiger partial charge in [-0.05, 0) is 66.5 Å². The zero-order valence-electron chi connectivity index (χ0n) is 17.5. The van der Waals surface area contributed by atoms with E-state index in [1.54, 1.807) is 11.9 Å². The Balaban J connectivity index is 1.61. The van der Waals surface area contributed by atoms with E-state index in [0.717, 1.165) is 48.1 Å². The molecule has 1 saturated carbocycles. The molecule has 30 heavy (non-hydrogen) atoms. The minimum absolute atomic E-state index is 0.00620. The van der Waals surface area contributed by atoms with E-state index in [-0.39, 0.29) is 30.9 Å². The van der Waals surface area contributed by atoms with Gasteiger partial charge in [-0.3, -0.25) is 9.59 Å². The molecule has 4 N–H and O–H groups in total. The first kappa shape index (κ1) is 22.0. The van der Waals surface area contributed by atoms with Crippen molar-refractivity contribution in [1.29, 1.82) is 0 Å². The molecule has 0 aliphatic heterocycles. The summed E-state index contributed by atoms with van der Waals surface area (Å²) < 4.78 is 0. The SMILES string of the molecule is CN(Cc1cccc(-c2ccc(NC(=O)C3CCC(CO)CC3)cc2)c1)C(=O)CN. The molecule has 160 valence electrons. The summed E-state index contributed by atoms with van der Waals surface area (Å²) in [5, 5.41) is 12.3. The Morgan fingerprint density at radius 1 is 1.07 bits per heavy atom. The molecule has 6 nitrogen and oxygen atoms in total. The monoisotopic (exact) mass is 409 g/mol. The maximum absolute atomic E-state index is 12.5. The maximum Gasteiger partial charge on any atom is 0.236 e. The van der Waals surface area contributed by atoms with Crippen LogP contribution in [0.3, 0.4) is 0 Å². The predicted octanol–water partition coefficient (Wildman–Crippen LogP) is 3.01. The van der Waals surface area contributed by atoms with Gasteiger partial charge in [-0.1, -0.05) is 30.3 Å². The Hall–Kier alpha value is -2.70. The van der Waals surface area contributed by atoms with Crippen LogP contribution in [0.5, 0.6) is 0 Å².